The van der Waals surface area contributed by atoms with E-state index in [9.17, 15) is 5.11 Å². The molecule has 2 aromatic heterocycles. The van der Waals surface area contributed by atoms with Crippen LogP contribution in [0, 0.1) is 20.8 Å². The van der Waals surface area contributed by atoms with Crippen molar-refractivity contribution in [2.45, 2.75) is 39.8 Å². The summed E-state index contributed by atoms with van der Waals surface area (Å²) in [5.41, 5.74) is 4.23. The minimum absolute atomic E-state index is 0.422. The van der Waals surface area contributed by atoms with Crippen LogP contribution in [-0.4, -0.2) is 21.8 Å². The molecule has 0 aliphatic heterocycles. The van der Waals surface area contributed by atoms with Crippen molar-refractivity contribution in [2.24, 2.45) is 0 Å². The van der Waals surface area contributed by atoms with Crippen LogP contribution >= 0.6 is 0 Å². The highest BCUT2D eigenvalue weighted by molar-refractivity contribution is 5.62. The molecular weight excluding hydrogens is 314 g/mol. The Labute approximate surface area is 148 Å². The van der Waals surface area contributed by atoms with E-state index < -0.39 is 5.60 Å². The molecule has 5 heteroatoms. The highest BCUT2D eigenvalue weighted by Crippen LogP contribution is 2.27. The van der Waals surface area contributed by atoms with E-state index >= 15 is 0 Å². The van der Waals surface area contributed by atoms with Crippen LogP contribution in [0.15, 0.2) is 40.9 Å². The quantitative estimate of drug-likeness (QED) is 0.641. The first-order valence-corrected chi connectivity index (χ1v) is 8.47. The van der Waals surface area contributed by atoms with Crippen LogP contribution in [-0.2, 0) is 12.1 Å². The first kappa shape index (κ1) is 17.5. The summed E-state index contributed by atoms with van der Waals surface area (Å²) in [6.45, 7) is 8.67. The van der Waals surface area contributed by atoms with Gasteiger partial charge in [0.2, 0.25) is 0 Å². The first-order chi connectivity index (χ1) is 11.9. The number of hydrogen-bond acceptors (Lipinski definition) is 4. The van der Waals surface area contributed by atoms with Gasteiger partial charge >= 0.3 is 0 Å². The Kier molecular flexibility index (Phi) is 4.79. The number of rotatable bonds is 6. The Hall–Kier alpha value is -2.37. The van der Waals surface area contributed by atoms with Gasteiger partial charge in [-0.3, -0.25) is 5.10 Å². The van der Waals surface area contributed by atoms with E-state index in [-0.39, 0.29) is 0 Å². The minimum atomic E-state index is -0.990. The second-order valence-corrected chi connectivity index (χ2v) is 6.84. The lowest BCUT2D eigenvalue weighted by molar-refractivity contribution is 0.0552. The maximum Gasteiger partial charge on any atom is 0.107 e. The van der Waals surface area contributed by atoms with Gasteiger partial charge in [-0.1, -0.05) is 29.8 Å². The van der Waals surface area contributed by atoms with Crippen LogP contribution < -0.4 is 5.32 Å². The van der Waals surface area contributed by atoms with Gasteiger partial charge in [0.05, 0.1) is 11.9 Å². The third-order valence-electron chi connectivity index (χ3n) is 4.46. The summed E-state index contributed by atoms with van der Waals surface area (Å²) >= 11 is 0. The van der Waals surface area contributed by atoms with Gasteiger partial charge in [0.25, 0.3) is 0 Å². The van der Waals surface area contributed by atoms with Crippen LogP contribution in [0.2, 0.25) is 0 Å². The molecule has 1 atom stereocenters. The van der Waals surface area contributed by atoms with Crippen molar-refractivity contribution in [1.29, 1.82) is 0 Å². The zero-order chi connectivity index (χ0) is 18.0. The SMILES string of the molecule is Cc1ccc(-c2[nH]ncc2CNCC(C)(O)c2cc(C)oc2C)cc1. The van der Waals surface area contributed by atoms with E-state index in [0.717, 1.165) is 33.9 Å². The Morgan fingerprint density at radius 1 is 1.20 bits per heavy atom. The van der Waals surface area contributed by atoms with E-state index in [4.69, 9.17) is 4.42 Å². The molecule has 0 saturated heterocycles. The fourth-order valence-electron chi connectivity index (χ4n) is 3.12. The van der Waals surface area contributed by atoms with Crippen molar-refractivity contribution >= 4 is 0 Å². The van der Waals surface area contributed by atoms with Gasteiger partial charge in [0.1, 0.15) is 17.1 Å². The van der Waals surface area contributed by atoms with E-state index in [0.29, 0.717) is 13.1 Å². The summed E-state index contributed by atoms with van der Waals surface area (Å²) in [5.74, 6) is 1.57. The molecule has 1 aromatic carbocycles. The lowest BCUT2D eigenvalue weighted by Crippen LogP contribution is -2.35. The number of nitrogens with one attached hydrogen (secondary N) is 2. The standard InChI is InChI=1S/C20H25N3O2/c1-13-5-7-16(8-6-13)19-17(11-22-23-19)10-21-12-20(4,24)18-9-14(2)25-15(18)3/h5-9,11,21,24H,10,12H2,1-4H3,(H,22,23). The molecule has 0 radical (unpaired) electrons. The number of furan rings is 1. The highest BCUT2D eigenvalue weighted by atomic mass is 16.3. The zero-order valence-corrected chi connectivity index (χ0v) is 15.2. The highest BCUT2D eigenvalue weighted by Gasteiger charge is 2.27. The Balaban J connectivity index is 1.68. The predicted molar refractivity (Wildman–Crippen MR) is 98.2 cm³/mol. The third kappa shape index (κ3) is 3.83. The maximum atomic E-state index is 10.8. The van der Waals surface area contributed by atoms with Crippen LogP contribution in [0.25, 0.3) is 11.3 Å². The topological polar surface area (TPSA) is 74.1 Å². The molecule has 0 aliphatic carbocycles. The zero-order valence-electron chi connectivity index (χ0n) is 15.2. The van der Waals surface area contributed by atoms with Gasteiger partial charge in [0.15, 0.2) is 0 Å². The van der Waals surface area contributed by atoms with Crippen molar-refractivity contribution in [2.75, 3.05) is 6.54 Å². The molecule has 1 unspecified atom stereocenters. The van der Waals surface area contributed by atoms with E-state index in [1.807, 2.05) is 26.1 Å². The molecule has 5 nitrogen and oxygen atoms in total. The third-order valence-corrected chi connectivity index (χ3v) is 4.46. The number of aromatic nitrogens is 2. The number of aromatic amines is 1. The summed E-state index contributed by atoms with van der Waals surface area (Å²) in [6.07, 6.45) is 1.82. The number of aryl methyl sites for hydroxylation is 3. The monoisotopic (exact) mass is 339 g/mol. The van der Waals surface area contributed by atoms with Crippen molar-refractivity contribution in [3.05, 3.63) is 64.7 Å². The van der Waals surface area contributed by atoms with Crippen molar-refractivity contribution in [1.82, 2.24) is 15.5 Å². The second-order valence-electron chi connectivity index (χ2n) is 6.84. The minimum Gasteiger partial charge on any atom is -0.466 e. The van der Waals surface area contributed by atoms with E-state index in [1.54, 1.807) is 6.92 Å². The lowest BCUT2D eigenvalue weighted by Gasteiger charge is -2.23. The molecular formula is C20H25N3O2. The first-order valence-electron chi connectivity index (χ1n) is 8.47. The van der Waals surface area contributed by atoms with Crippen LogP contribution in [0.4, 0.5) is 0 Å². The van der Waals surface area contributed by atoms with Crippen LogP contribution in [0.3, 0.4) is 0 Å². The lowest BCUT2D eigenvalue weighted by atomic mass is 9.96. The number of benzene rings is 1. The largest absolute Gasteiger partial charge is 0.466 e. The fourth-order valence-corrected chi connectivity index (χ4v) is 3.12. The molecule has 0 bridgehead atoms. The average molecular weight is 339 g/mol. The Bertz CT molecular complexity index is 844. The molecule has 0 saturated carbocycles. The Morgan fingerprint density at radius 2 is 1.92 bits per heavy atom. The molecule has 0 spiro atoms. The van der Waals surface area contributed by atoms with Gasteiger partial charge < -0.3 is 14.8 Å². The molecule has 25 heavy (non-hydrogen) atoms. The van der Waals surface area contributed by atoms with E-state index in [2.05, 4.69) is 46.7 Å². The number of nitrogens with zero attached hydrogens (tertiary/aromatic N) is 1. The predicted octanol–water partition coefficient (Wildman–Crippen LogP) is 3.59. The van der Waals surface area contributed by atoms with E-state index in [1.165, 1.54) is 5.56 Å². The van der Waals surface area contributed by atoms with Gasteiger partial charge in [-0.05, 0) is 39.3 Å². The molecule has 2 heterocycles. The summed E-state index contributed by atoms with van der Waals surface area (Å²) in [4.78, 5) is 0. The van der Waals surface area contributed by atoms with Crippen molar-refractivity contribution < 1.29 is 9.52 Å². The molecule has 132 valence electrons. The number of H-pyrrole nitrogens is 1. The summed E-state index contributed by atoms with van der Waals surface area (Å²) in [5, 5.41) is 21.3. The summed E-state index contributed by atoms with van der Waals surface area (Å²) in [7, 11) is 0. The van der Waals surface area contributed by atoms with Crippen molar-refractivity contribution in [3.63, 3.8) is 0 Å². The average Bonchev–Trinajstić information content (AvgIpc) is 3.14. The molecule has 0 amide bonds. The van der Waals surface area contributed by atoms with Gasteiger partial charge in [-0.25, -0.2) is 0 Å². The Morgan fingerprint density at radius 3 is 2.56 bits per heavy atom. The summed E-state index contributed by atoms with van der Waals surface area (Å²) < 4.78 is 5.54. The smallest absolute Gasteiger partial charge is 0.107 e. The number of aliphatic hydroxyl groups is 1. The fraction of sp³-hybridized carbons (Fsp3) is 0.350. The molecule has 3 rings (SSSR count). The normalized spacial score (nSPS) is 13.8. The van der Waals surface area contributed by atoms with Crippen LogP contribution in [0.1, 0.15) is 35.1 Å². The van der Waals surface area contributed by atoms with Gasteiger partial charge in [0, 0.05) is 24.2 Å². The molecule has 0 aliphatic rings. The number of hydrogen-bond donors (Lipinski definition) is 3. The molecule has 3 aromatic rings. The van der Waals surface area contributed by atoms with Crippen molar-refractivity contribution in [3.8, 4) is 11.3 Å². The van der Waals surface area contributed by atoms with Crippen LogP contribution in [0.5, 0.6) is 0 Å². The maximum absolute atomic E-state index is 10.8. The molecule has 3 N–H and O–H groups in total. The summed E-state index contributed by atoms with van der Waals surface area (Å²) in [6, 6.07) is 10.2. The van der Waals surface area contributed by atoms with Gasteiger partial charge in [-0.2, -0.15) is 5.10 Å². The molecule has 0 fully saturated rings. The van der Waals surface area contributed by atoms with Gasteiger partial charge in [-0.15, -0.1) is 0 Å². The second kappa shape index (κ2) is 6.86.